The van der Waals surface area contributed by atoms with Gasteiger partial charge >= 0.3 is 0 Å². The van der Waals surface area contributed by atoms with E-state index in [1.165, 1.54) is 6.07 Å². The Morgan fingerprint density at radius 3 is 2.67 bits per heavy atom. The average molecular weight is 254 g/mol. The summed E-state index contributed by atoms with van der Waals surface area (Å²) in [5.74, 6) is -0.211. The number of likely N-dealkylation sites (N-methyl/N-ethyl adjacent to an activating group) is 1. The molecule has 1 rings (SSSR count). The summed E-state index contributed by atoms with van der Waals surface area (Å²) in [7, 11) is 1.69. The smallest absolute Gasteiger partial charge is 0.123 e. The highest BCUT2D eigenvalue weighted by Gasteiger charge is 2.14. The maximum absolute atomic E-state index is 13.3. The number of methoxy groups -OCH3 is 1. The predicted molar refractivity (Wildman–Crippen MR) is 71.7 cm³/mol. The predicted octanol–water partition coefficient (Wildman–Crippen LogP) is 2.14. The molecular formula is C14H23FN2O. The van der Waals surface area contributed by atoms with Gasteiger partial charge < -0.3 is 10.5 Å². The fourth-order valence-electron chi connectivity index (χ4n) is 2.09. The summed E-state index contributed by atoms with van der Waals surface area (Å²) in [5.41, 5.74) is 7.65. The zero-order chi connectivity index (χ0) is 13.5. The van der Waals surface area contributed by atoms with Crippen molar-refractivity contribution >= 4 is 0 Å². The van der Waals surface area contributed by atoms with Crippen LogP contribution in [0.3, 0.4) is 0 Å². The molecule has 0 spiro atoms. The van der Waals surface area contributed by atoms with Gasteiger partial charge in [0.05, 0.1) is 6.61 Å². The SMILES string of the molecule is CCN(Cc1cc(F)ccc1CN)C(C)COC. The minimum Gasteiger partial charge on any atom is -0.383 e. The Labute approximate surface area is 109 Å². The quantitative estimate of drug-likeness (QED) is 0.810. The molecule has 1 atom stereocenters. The van der Waals surface area contributed by atoms with Crippen LogP contribution in [0.5, 0.6) is 0 Å². The van der Waals surface area contributed by atoms with E-state index in [2.05, 4.69) is 18.7 Å². The molecule has 0 saturated heterocycles. The lowest BCUT2D eigenvalue weighted by molar-refractivity contribution is 0.0980. The molecule has 0 aromatic heterocycles. The van der Waals surface area contributed by atoms with E-state index in [1.54, 1.807) is 19.2 Å². The van der Waals surface area contributed by atoms with Gasteiger partial charge in [-0.3, -0.25) is 4.90 Å². The van der Waals surface area contributed by atoms with Crippen LogP contribution in [-0.4, -0.2) is 31.2 Å². The molecule has 18 heavy (non-hydrogen) atoms. The highest BCUT2D eigenvalue weighted by molar-refractivity contribution is 5.27. The van der Waals surface area contributed by atoms with Gasteiger partial charge in [0.25, 0.3) is 0 Å². The summed E-state index contributed by atoms with van der Waals surface area (Å²) in [5, 5.41) is 0. The van der Waals surface area contributed by atoms with Crippen LogP contribution in [0.2, 0.25) is 0 Å². The molecule has 0 fully saturated rings. The van der Waals surface area contributed by atoms with Crippen molar-refractivity contribution in [2.75, 3.05) is 20.3 Å². The lowest BCUT2D eigenvalue weighted by Crippen LogP contribution is -2.35. The van der Waals surface area contributed by atoms with Crippen molar-refractivity contribution in [3.8, 4) is 0 Å². The van der Waals surface area contributed by atoms with E-state index in [0.29, 0.717) is 25.7 Å². The molecule has 0 heterocycles. The Bertz CT molecular complexity index is 371. The first-order valence-corrected chi connectivity index (χ1v) is 6.32. The molecule has 1 aromatic rings. The van der Waals surface area contributed by atoms with Gasteiger partial charge in [-0.25, -0.2) is 4.39 Å². The number of nitrogens with two attached hydrogens (primary N) is 1. The monoisotopic (exact) mass is 254 g/mol. The average Bonchev–Trinajstić information content (AvgIpc) is 2.36. The molecule has 0 saturated carbocycles. The van der Waals surface area contributed by atoms with Gasteiger partial charge in [0.2, 0.25) is 0 Å². The first-order chi connectivity index (χ1) is 8.62. The van der Waals surface area contributed by atoms with Crippen LogP contribution in [-0.2, 0) is 17.8 Å². The van der Waals surface area contributed by atoms with Gasteiger partial charge in [0.1, 0.15) is 5.82 Å². The molecule has 3 nitrogen and oxygen atoms in total. The molecule has 1 aromatic carbocycles. The van der Waals surface area contributed by atoms with Crippen molar-refractivity contribution in [3.05, 3.63) is 35.1 Å². The molecule has 0 radical (unpaired) electrons. The Hall–Kier alpha value is -0.970. The molecule has 102 valence electrons. The summed E-state index contributed by atoms with van der Waals surface area (Å²) in [4.78, 5) is 2.25. The topological polar surface area (TPSA) is 38.5 Å². The van der Waals surface area contributed by atoms with E-state index in [0.717, 1.165) is 17.7 Å². The van der Waals surface area contributed by atoms with Gasteiger partial charge in [-0.1, -0.05) is 13.0 Å². The number of rotatable bonds is 7. The first kappa shape index (κ1) is 15.1. The lowest BCUT2D eigenvalue weighted by atomic mass is 10.1. The second-order valence-electron chi connectivity index (χ2n) is 4.48. The third-order valence-corrected chi connectivity index (χ3v) is 3.20. The second kappa shape index (κ2) is 7.46. The molecule has 1 unspecified atom stereocenters. The third kappa shape index (κ3) is 4.05. The Kier molecular flexibility index (Phi) is 6.25. The highest BCUT2D eigenvalue weighted by atomic mass is 19.1. The van der Waals surface area contributed by atoms with E-state index < -0.39 is 0 Å². The number of nitrogens with zero attached hydrogens (tertiary/aromatic N) is 1. The van der Waals surface area contributed by atoms with Crippen LogP contribution in [0.15, 0.2) is 18.2 Å². The summed E-state index contributed by atoms with van der Waals surface area (Å²) < 4.78 is 18.5. The standard InChI is InChI=1S/C14H23FN2O/c1-4-17(11(2)10-18-3)9-13-7-14(15)6-5-12(13)8-16/h5-7,11H,4,8-10,16H2,1-3H3. The first-order valence-electron chi connectivity index (χ1n) is 6.32. The van der Waals surface area contributed by atoms with E-state index in [-0.39, 0.29) is 5.82 Å². The minimum absolute atomic E-state index is 0.211. The van der Waals surface area contributed by atoms with E-state index in [9.17, 15) is 4.39 Å². The minimum atomic E-state index is -0.211. The largest absolute Gasteiger partial charge is 0.383 e. The van der Waals surface area contributed by atoms with E-state index >= 15 is 0 Å². The van der Waals surface area contributed by atoms with Crippen LogP contribution in [0.25, 0.3) is 0 Å². The van der Waals surface area contributed by atoms with Gasteiger partial charge in [0, 0.05) is 26.2 Å². The molecule has 0 aliphatic rings. The van der Waals surface area contributed by atoms with Crippen molar-refractivity contribution in [1.29, 1.82) is 0 Å². The summed E-state index contributed by atoms with van der Waals surface area (Å²) in [6.07, 6.45) is 0. The van der Waals surface area contributed by atoms with Crippen LogP contribution < -0.4 is 5.73 Å². The van der Waals surface area contributed by atoms with Crippen LogP contribution in [0, 0.1) is 5.82 Å². The fourth-order valence-corrected chi connectivity index (χ4v) is 2.09. The summed E-state index contributed by atoms with van der Waals surface area (Å²) in [6.45, 7) is 6.89. The molecule has 0 bridgehead atoms. The number of ether oxygens (including phenoxy) is 1. The van der Waals surface area contributed by atoms with Crippen molar-refractivity contribution < 1.29 is 9.13 Å². The number of hydrogen-bond donors (Lipinski definition) is 1. The summed E-state index contributed by atoms with van der Waals surface area (Å²) >= 11 is 0. The molecule has 4 heteroatoms. The van der Waals surface area contributed by atoms with Crippen molar-refractivity contribution in [2.45, 2.75) is 33.0 Å². The van der Waals surface area contributed by atoms with E-state index in [4.69, 9.17) is 10.5 Å². The van der Waals surface area contributed by atoms with Crippen LogP contribution >= 0.6 is 0 Å². The maximum Gasteiger partial charge on any atom is 0.123 e. The van der Waals surface area contributed by atoms with Crippen LogP contribution in [0.1, 0.15) is 25.0 Å². The van der Waals surface area contributed by atoms with Crippen molar-refractivity contribution in [1.82, 2.24) is 4.90 Å². The molecule has 2 N–H and O–H groups in total. The Morgan fingerprint density at radius 2 is 2.11 bits per heavy atom. The van der Waals surface area contributed by atoms with Gasteiger partial charge in [0.15, 0.2) is 0 Å². The van der Waals surface area contributed by atoms with E-state index in [1.807, 2.05) is 0 Å². The zero-order valence-corrected chi connectivity index (χ0v) is 11.4. The molecule has 0 aliphatic heterocycles. The number of halogens is 1. The van der Waals surface area contributed by atoms with Gasteiger partial charge in [-0.2, -0.15) is 0 Å². The normalized spacial score (nSPS) is 13.0. The molecular weight excluding hydrogens is 231 g/mol. The third-order valence-electron chi connectivity index (χ3n) is 3.20. The maximum atomic E-state index is 13.3. The van der Waals surface area contributed by atoms with Crippen LogP contribution in [0.4, 0.5) is 4.39 Å². The second-order valence-corrected chi connectivity index (χ2v) is 4.48. The van der Waals surface area contributed by atoms with Crippen molar-refractivity contribution in [2.24, 2.45) is 5.73 Å². The molecule has 0 aliphatic carbocycles. The van der Waals surface area contributed by atoms with Gasteiger partial charge in [-0.15, -0.1) is 0 Å². The van der Waals surface area contributed by atoms with Crippen molar-refractivity contribution in [3.63, 3.8) is 0 Å². The number of benzene rings is 1. The Morgan fingerprint density at radius 1 is 1.39 bits per heavy atom. The summed E-state index contributed by atoms with van der Waals surface area (Å²) in [6, 6.07) is 5.10. The van der Waals surface area contributed by atoms with Gasteiger partial charge in [-0.05, 0) is 36.7 Å². The zero-order valence-electron chi connectivity index (χ0n) is 11.4. The lowest BCUT2D eigenvalue weighted by Gasteiger charge is -2.28. The Balaban J connectivity index is 2.83. The highest BCUT2D eigenvalue weighted by Crippen LogP contribution is 2.15. The molecule has 0 amide bonds. The fraction of sp³-hybridized carbons (Fsp3) is 0.571. The number of hydrogen-bond acceptors (Lipinski definition) is 3.